The molecule has 3 rings (SSSR count). The summed E-state index contributed by atoms with van der Waals surface area (Å²) in [4.78, 5) is 4.34. The van der Waals surface area contributed by atoms with Gasteiger partial charge in [0.25, 0.3) is 0 Å². The molecule has 8 nitrogen and oxygen atoms in total. The monoisotopic (exact) mass is 345 g/mol. The Balaban J connectivity index is 1.61. The van der Waals surface area contributed by atoms with Crippen LogP contribution in [0.2, 0.25) is 0 Å². The first-order valence-electron chi connectivity index (χ1n) is 8.81. The van der Waals surface area contributed by atoms with E-state index in [1.807, 2.05) is 38.1 Å². The van der Waals surface area contributed by atoms with Crippen LogP contribution in [0.3, 0.4) is 0 Å². The van der Waals surface area contributed by atoms with Gasteiger partial charge < -0.3 is 14.6 Å². The average molecular weight is 345 g/mol. The standard InChI is InChI=1S/C17H27N7O/c1-13-4-5-15(19-18-13)24-8-6-14(7-9-24)17-21-20-16(23(17)3)12-22(2)10-11-25/h4-5,14,25H,6-12H2,1-3H3. The number of likely N-dealkylation sites (N-methyl/N-ethyl adjacent to an activating group) is 1. The lowest BCUT2D eigenvalue weighted by molar-refractivity contribution is 0.213. The van der Waals surface area contributed by atoms with Crippen LogP contribution in [-0.4, -0.2) is 68.3 Å². The number of rotatable bonds is 6. The van der Waals surface area contributed by atoms with Gasteiger partial charge in [-0.1, -0.05) is 0 Å². The van der Waals surface area contributed by atoms with E-state index in [1.165, 1.54) is 0 Å². The van der Waals surface area contributed by atoms with Gasteiger partial charge in [-0.3, -0.25) is 4.90 Å². The van der Waals surface area contributed by atoms with E-state index in [4.69, 9.17) is 5.11 Å². The number of aliphatic hydroxyl groups is 1. The van der Waals surface area contributed by atoms with Crippen LogP contribution in [0.4, 0.5) is 5.82 Å². The molecule has 3 heterocycles. The highest BCUT2D eigenvalue weighted by molar-refractivity contribution is 5.38. The molecule has 1 N–H and O–H groups in total. The van der Waals surface area contributed by atoms with Crippen LogP contribution < -0.4 is 4.90 Å². The lowest BCUT2D eigenvalue weighted by Crippen LogP contribution is -2.34. The van der Waals surface area contributed by atoms with E-state index in [0.29, 0.717) is 19.0 Å². The van der Waals surface area contributed by atoms with Gasteiger partial charge in [0.15, 0.2) is 5.82 Å². The Morgan fingerprint density at radius 1 is 1.16 bits per heavy atom. The molecule has 0 aliphatic carbocycles. The summed E-state index contributed by atoms with van der Waals surface area (Å²) >= 11 is 0. The molecular weight excluding hydrogens is 318 g/mol. The Morgan fingerprint density at radius 2 is 1.92 bits per heavy atom. The first-order valence-corrected chi connectivity index (χ1v) is 8.81. The largest absolute Gasteiger partial charge is 0.395 e. The molecule has 2 aromatic heterocycles. The molecule has 0 atom stereocenters. The quantitative estimate of drug-likeness (QED) is 0.826. The molecule has 1 fully saturated rings. The zero-order valence-corrected chi connectivity index (χ0v) is 15.3. The topological polar surface area (TPSA) is 83.2 Å². The molecule has 0 radical (unpaired) electrons. The zero-order chi connectivity index (χ0) is 17.8. The molecule has 2 aromatic rings. The highest BCUT2D eigenvalue weighted by Gasteiger charge is 2.26. The third-order valence-electron chi connectivity index (χ3n) is 4.86. The second-order valence-corrected chi connectivity index (χ2v) is 6.79. The third kappa shape index (κ3) is 4.13. The number of hydrogen-bond donors (Lipinski definition) is 1. The molecule has 0 amide bonds. The number of aliphatic hydroxyl groups excluding tert-OH is 1. The van der Waals surface area contributed by atoms with Crippen molar-refractivity contribution in [3.05, 3.63) is 29.5 Å². The van der Waals surface area contributed by atoms with Crippen molar-refractivity contribution in [2.75, 3.05) is 38.2 Å². The predicted octanol–water partition coefficient (Wildman–Crippen LogP) is 0.722. The SMILES string of the molecule is Cc1ccc(N2CCC(c3nnc(CN(C)CCO)n3C)CC2)nn1. The fourth-order valence-corrected chi connectivity index (χ4v) is 3.29. The molecule has 25 heavy (non-hydrogen) atoms. The first kappa shape index (κ1) is 17.8. The molecule has 0 unspecified atom stereocenters. The Bertz CT molecular complexity index is 677. The third-order valence-corrected chi connectivity index (χ3v) is 4.86. The summed E-state index contributed by atoms with van der Waals surface area (Å²) in [6.07, 6.45) is 2.07. The fourth-order valence-electron chi connectivity index (χ4n) is 3.29. The van der Waals surface area contributed by atoms with Gasteiger partial charge in [0.1, 0.15) is 11.6 Å². The van der Waals surface area contributed by atoms with Gasteiger partial charge in [-0.2, -0.15) is 5.10 Å². The lowest BCUT2D eigenvalue weighted by atomic mass is 9.96. The van der Waals surface area contributed by atoms with Gasteiger partial charge in [0.2, 0.25) is 0 Å². The minimum atomic E-state index is 0.154. The predicted molar refractivity (Wildman–Crippen MR) is 95.4 cm³/mol. The Morgan fingerprint density at radius 3 is 2.56 bits per heavy atom. The van der Waals surface area contributed by atoms with E-state index in [2.05, 4.69) is 29.9 Å². The second kappa shape index (κ2) is 7.88. The summed E-state index contributed by atoms with van der Waals surface area (Å²) < 4.78 is 2.11. The van der Waals surface area contributed by atoms with Crippen LogP contribution >= 0.6 is 0 Å². The number of hydrogen-bond acceptors (Lipinski definition) is 7. The summed E-state index contributed by atoms with van der Waals surface area (Å²) in [5.41, 5.74) is 0.941. The summed E-state index contributed by atoms with van der Waals surface area (Å²) in [6, 6.07) is 4.05. The lowest BCUT2D eigenvalue weighted by Gasteiger charge is -2.32. The average Bonchev–Trinajstić information content (AvgIpc) is 2.97. The maximum absolute atomic E-state index is 9.03. The number of anilines is 1. The molecule has 1 saturated heterocycles. The van der Waals surface area contributed by atoms with Crippen molar-refractivity contribution < 1.29 is 5.11 Å². The summed E-state index contributed by atoms with van der Waals surface area (Å²) in [6.45, 7) is 5.35. The number of nitrogens with zero attached hydrogens (tertiary/aromatic N) is 7. The number of aryl methyl sites for hydroxylation is 1. The maximum Gasteiger partial charge on any atom is 0.151 e. The van der Waals surface area contributed by atoms with E-state index >= 15 is 0 Å². The van der Waals surface area contributed by atoms with E-state index in [9.17, 15) is 0 Å². The van der Waals surface area contributed by atoms with E-state index < -0.39 is 0 Å². The first-order chi connectivity index (χ1) is 12.1. The normalized spacial score (nSPS) is 16.0. The molecule has 1 aliphatic heterocycles. The highest BCUT2D eigenvalue weighted by Crippen LogP contribution is 2.28. The maximum atomic E-state index is 9.03. The van der Waals surface area contributed by atoms with Gasteiger partial charge in [0, 0.05) is 32.6 Å². The van der Waals surface area contributed by atoms with E-state index in [0.717, 1.165) is 49.1 Å². The van der Waals surface area contributed by atoms with Crippen LogP contribution in [0.5, 0.6) is 0 Å². The van der Waals surface area contributed by atoms with Crippen molar-refractivity contribution in [2.24, 2.45) is 7.05 Å². The van der Waals surface area contributed by atoms with E-state index in [1.54, 1.807) is 0 Å². The van der Waals surface area contributed by atoms with Crippen molar-refractivity contribution in [3.8, 4) is 0 Å². The Labute approximate surface area is 148 Å². The highest BCUT2D eigenvalue weighted by atomic mass is 16.3. The van der Waals surface area contributed by atoms with Gasteiger partial charge in [-0.25, -0.2) is 0 Å². The van der Waals surface area contributed by atoms with Gasteiger partial charge in [-0.05, 0) is 38.9 Å². The van der Waals surface area contributed by atoms with Crippen molar-refractivity contribution in [1.29, 1.82) is 0 Å². The van der Waals surface area contributed by atoms with Crippen molar-refractivity contribution in [1.82, 2.24) is 29.9 Å². The van der Waals surface area contributed by atoms with E-state index in [-0.39, 0.29) is 6.61 Å². The molecular formula is C17H27N7O. The molecule has 8 heteroatoms. The zero-order valence-electron chi connectivity index (χ0n) is 15.3. The van der Waals surface area contributed by atoms with Crippen LogP contribution in [0.25, 0.3) is 0 Å². The molecule has 1 aliphatic rings. The minimum absolute atomic E-state index is 0.154. The van der Waals surface area contributed by atoms with Gasteiger partial charge >= 0.3 is 0 Å². The summed E-state index contributed by atoms with van der Waals surface area (Å²) in [5.74, 6) is 3.37. The van der Waals surface area contributed by atoms with Crippen LogP contribution in [-0.2, 0) is 13.6 Å². The van der Waals surface area contributed by atoms with Crippen LogP contribution in [0, 0.1) is 6.92 Å². The molecule has 0 saturated carbocycles. The Hall–Kier alpha value is -2.06. The summed E-state index contributed by atoms with van der Waals surface area (Å²) in [5, 5.41) is 26.3. The molecule has 0 aromatic carbocycles. The van der Waals surface area contributed by atoms with Crippen molar-refractivity contribution in [2.45, 2.75) is 32.2 Å². The van der Waals surface area contributed by atoms with Crippen LogP contribution in [0.15, 0.2) is 12.1 Å². The minimum Gasteiger partial charge on any atom is -0.395 e. The smallest absolute Gasteiger partial charge is 0.151 e. The Kier molecular flexibility index (Phi) is 5.60. The number of piperidine rings is 1. The van der Waals surface area contributed by atoms with Gasteiger partial charge in [0.05, 0.1) is 18.8 Å². The van der Waals surface area contributed by atoms with Crippen LogP contribution in [0.1, 0.15) is 36.1 Å². The number of aromatic nitrogens is 5. The van der Waals surface area contributed by atoms with Crippen molar-refractivity contribution >= 4 is 5.82 Å². The molecule has 0 spiro atoms. The van der Waals surface area contributed by atoms with Crippen molar-refractivity contribution in [3.63, 3.8) is 0 Å². The molecule has 136 valence electrons. The summed E-state index contributed by atoms with van der Waals surface area (Å²) in [7, 11) is 4.01. The fraction of sp³-hybridized carbons (Fsp3) is 0.647. The van der Waals surface area contributed by atoms with Gasteiger partial charge in [-0.15, -0.1) is 15.3 Å². The molecule has 0 bridgehead atoms. The second-order valence-electron chi connectivity index (χ2n) is 6.79.